The molecule has 0 radical (unpaired) electrons. The Morgan fingerprint density at radius 1 is 1.09 bits per heavy atom. The molecule has 2 aromatic carbocycles. The van der Waals surface area contributed by atoms with E-state index in [0.717, 1.165) is 61.3 Å². The molecule has 7 heteroatoms. The number of carbonyl (C=O) groups is 1. The van der Waals surface area contributed by atoms with Crippen molar-refractivity contribution in [3.8, 4) is 5.75 Å². The van der Waals surface area contributed by atoms with Crippen LogP contribution >= 0.6 is 0 Å². The quantitative estimate of drug-likeness (QED) is 0.716. The third kappa shape index (κ3) is 4.07. The number of rotatable bonds is 5. The van der Waals surface area contributed by atoms with Crippen molar-refractivity contribution in [2.45, 2.75) is 31.7 Å². The number of ether oxygens (including phenoxy) is 1. The summed E-state index contributed by atoms with van der Waals surface area (Å²) in [6.07, 6.45) is 3.71. The molecule has 2 aromatic rings. The van der Waals surface area contributed by atoms with Gasteiger partial charge in [0.15, 0.2) is 0 Å². The summed E-state index contributed by atoms with van der Waals surface area (Å²) in [5, 5.41) is 0. The van der Waals surface area contributed by atoms with Crippen molar-refractivity contribution in [3.05, 3.63) is 65.0 Å². The maximum atomic E-state index is 13.6. The lowest BCUT2D eigenvalue weighted by molar-refractivity contribution is -0.0300. The summed E-state index contributed by atoms with van der Waals surface area (Å²) in [6.45, 7) is 4.32. The first kappa shape index (κ1) is 21.2. The van der Waals surface area contributed by atoms with E-state index >= 15 is 0 Å². The highest BCUT2D eigenvalue weighted by molar-refractivity contribution is 5.70. The van der Waals surface area contributed by atoms with Crippen molar-refractivity contribution in [3.63, 3.8) is 0 Å². The average molecular weight is 440 g/mol. The van der Waals surface area contributed by atoms with Gasteiger partial charge in [-0.2, -0.15) is 5.48 Å². The van der Waals surface area contributed by atoms with Gasteiger partial charge in [0.25, 0.3) is 0 Å². The highest BCUT2D eigenvalue weighted by Crippen LogP contribution is 2.41. The number of hydroxylamine groups is 1. The lowest BCUT2D eigenvalue weighted by Crippen LogP contribution is -2.51. The number of hydrogen-bond donors (Lipinski definition) is 1. The van der Waals surface area contributed by atoms with Crippen LogP contribution in [0.1, 0.15) is 42.0 Å². The van der Waals surface area contributed by atoms with E-state index in [9.17, 15) is 9.18 Å². The molecule has 6 nitrogen and oxygen atoms in total. The van der Waals surface area contributed by atoms with Crippen LogP contribution in [0.2, 0.25) is 0 Å². The Kier molecular flexibility index (Phi) is 5.78. The Balaban J connectivity index is 1.40. The Morgan fingerprint density at radius 3 is 2.50 bits per heavy atom. The van der Waals surface area contributed by atoms with Gasteiger partial charge in [0, 0.05) is 19.0 Å². The standard InChI is InChI=1S/C25H30FN3O3/c1-27-32-21-6-7-22-19(16-21)8-12-29(23(22)18-2-4-20(26)5-3-18)24(30)31-17-25-9-13-28(14-10-25)15-11-25/h2-7,16,23,27H,8-15,17H2,1H3/t23-/m0/s1. The van der Waals surface area contributed by atoms with Crippen LogP contribution < -0.4 is 10.3 Å². The number of amides is 1. The molecule has 32 heavy (non-hydrogen) atoms. The molecule has 0 aromatic heterocycles. The van der Waals surface area contributed by atoms with E-state index < -0.39 is 0 Å². The van der Waals surface area contributed by atoms with E-state index in [1.807, 2.05) is 18.2 Å². The van der Waals surface area contributed by atoms with Gasteiger partial charge in [0.05, 0.1) is 12.6 Å². The molecule has 6 rings (SSSR count). The molecule has 0 saturated carbocycles. The van der Waals surface area contributed by atoms with Gasteiger partial charge in [-0.25, -0.2) is 9.18 Å². The topological polar surface area (TPSA) is 54.0 Å². The van der Waals surface area contributed by atoms with E-state index in [2.05, 4.69) is 10.4 Å². The SMILES string of the molecule is CNOc1ccc2c(c1)CCN(C(=O)OCC13CCN(CC1)CC3)[C@H]2c1ccc(F)cc1. The molecule has 4 aliphatic rings. The van der Waals surface area contributed by atoms with Crippen LogP contribution in [0, 0.1) is 11.2 Å². The first-order chi connectivity index (χ1) is 15.6. The van der Waals surface area contributed by atoms with E-state index in [4.69, 9.17) is 9.57 Å². The van der Waals surface area contributed by atoms with E-state index in [1.165, 1.54) is 12.1 Å². The molecule has 0 spiro atoms. The minimum absolute atomic E-state index is 0.128. The van der Waals surface area contributed by atoms with Crippen LogP contribution in [-0.2, 0) is 11.2 Å². The molecule has 170 valence electrons. The predicted octanol–water partition coefficient (Wildman–Crippen LogP) is 3.91. The first-order valence-corrected chi connectivity index (χ1v) is 11.4. The number of nitrogens with zero attached hydrogens (tertiary/aromatic N) is 2. The van der Waals surface area contributed by atoms with Gasteiger partial charge in [-0.3, -0.25) is 4.90 Å². The third-order valence-electron chi connectivity index (χ3n) is 7.36. The summed E-state index contributed by atoms with van der Waals surface area (Å²) in [7, 11) is 1.72. The molecule has 4 heterocycles. The summed E-state index contributed by atoms with van der Waals surface area (Å²) in [5.74, 6) is 0.433. The normalized spacial score (nSPS) is 26.5. The number of carbonyl (C=O) groups excluding carboxylic acids is 1. The number of piperidine rings is 3. The van der Waals surface area contributed by atoms with Gasteiger partial charge < -0.3 is 14.5 Å². The molecule has 1 N–H and O–H groups in total. The summed E-state index contributed by atoms with van der Waals surface area (Å²) < 4.78 is 19.6. The predicted molar refractivity (Wildman–Crippen MR) is 119 cm³/mol. The van der Waals surface area contributed by atoms with Crippen molar-refractivity contribution >= 4 is 6.09 Å². The van der Waals surface area contributed by atoms with Crippen LogP contribution in [0.5, 0.6) is 5.75 Å². The summed E-state index contributed by atoms with van der Waals surface area (Å²) in [5.41, 5.74) is 5.84. The molecule has 0 unspecified atom stereocenters. The lowest BCUT2D eigenvalue weighted by atomic mass is 9.73. The van der Waals surface area contributed by atoms with Crippen LogP contribution in [-0.4, -0.2) is 55.7 Å². The molecule has 0 aliphatic carbocycles. The first-order valence-electron chi connectivity index (χ1n) is 11.4. The largest absolute Gasteiger partial charge is 0.449 e. The Bertz CT molecular complexity index is 959. The second kappa shape index (κ2) is 8.71. The molecule has 3 saturated heterocycles. The van der Waals surface area contributed by atoms with Crippen molar-refractivity contribution in [1.82, 2.24) is 15.3 Å². The number of hydrogen-bond acceptors (Lipinski definition) is 5. The molecular weight excluding hydrogens is 409 g/mol. The number of benzene rings is 2. The van der Waals surface area contributed by atoms with Gasteiger partial charge in [-0.05, 0) is 86.3 Å². The molecular formula is C25H30FN3O3. The fourth-order valence-electron chi connectivity index (χ4n) is 5.40. The smallest absolute Gasteiger partial charge is 0.410 e. The van der Waals surface area contributed by atoms with E-state index in [1.54, 1.807) is 24.1 Å². The van der Waals surface area contributed by atoms with Crippen molar-refractivity contribution < 1.29 is 18.8 Å². The second-order valence-corrected chi connectivity index (χ2v) is 9.21. The van der Waals surface area contributed by atoms with Gasteiger partial charge in [-0.1, -0.05) is 18.2 Å². The van der Waals surface area contributed by atoms with Gasteiger partial charge in [0.2, 0.25) is 0 Å². The third-order valence-corrected chi connectivity index (χ3v) is 7.36. The highest BCUT2D eigenvalue weighted by Gasteiger charge is 2.41. The van der Waals surface area contributed by atoms with Crippen molar-refractivity contribution in [2.75, 3.05) is 39.8 Å². The fraction of sp³-hybridized carbons (Fsp3) is 0.480. The van der Waals surface area contributed by atoms with Gasteiger partial charge in [0.1, 0.15) is 11.6 Å². The highest BCUT2D eigenvalue weighted by atomic mass is 19.1. The number of fused-ring (bicyclic) bond motifs is 4. The van der Waals surface area contributed by atoms with E-state index in [-0.39, 0.29) is 23.4 Å². The minimum Gasteiger partial charge on any atom is -0.449 e. The number of halogens is 1. The maximum absolute atomic E-state index is 13.6. The summed E-state index contributed by atoms with van der Waals surface area (Å²) in [6, 6.07) is 12.0. The van der Waals surface area contributed by atoms with Gasteiger partial charge in [-0.15, -0.1) is 0 Å². The minimum atomic E-state index is -0.318. The van der Waals surface area contributed by atoms with Gasteiger partial charge >= 0.3 is 6.09 Å². The molecule has 1 amide bonds. The second-order valence-electron chi connectivity index (χ2n) is 9.21. The van der Waals surface area contributed by atoms with Crippen molar-refractivity contribution in [2.24, 2.45) is 5.41 Å². The van der Waals surface area contributed by atoms with Crippen LogP contribution in [0.15, 0.2) is 42.5 Å². The monoisotopic (exact) mass is 439 g/mol. The molecule has 2 bridgehead atoms. The zero-order valence-corrected chi connectivity index (χ0v) is 18.5. The average Bonchev–Trinajstić information content (AvgIpc) is 2.84. The summed E-state index contributed by atoms with van der Waals surface area (Å²) >= 11 is 0. The van der Waals surface area contributed by atoms with Crippen LogP contribution in [0.25, 0.3) is 0 Å². The molecule has 1 atom stereocenters. The zero-order valence-electron chi connectivity index (χ0n) is 18.5. The molecule has 4 aliphatic heterocycles. The Hall–Kier alpha value is -2.64. The van der Waals surface area contributed by atoms with Crippen LogP contribution in [0.3, 0.4) is 0 Å². The fourth-order valence-corrected chi connectivity index (χ4v) is 5.40. The van der Waals surface area contributed by atoms with Crippen LogP contribution in [0.4, 0.5) is 9.18 Å². The molecule has 3 fully saturated rings. The Labute approximate surface area is 188 Å². The van der Waals surface area contributed by atoms with E-state index in [0.29, 0.717) is 19.6 Å². The number of nitrogens with one attached hydrogen (secondary N) is 1. The van der Waals surface area contributed by atoms with Crippen molar-refractivity contribution in [1.29, 1.82) is 0 Å². The maximum Gasteiger partial charge on any atom is 0.410 e. The Morgan fingerprint density at radius 2 is 1.81 bits per heavy atom. The lowest BCUT2D eigenvalue weighted by Gasteiger charge is -2.48. The zero-order chi connectivity index (χ0) is 22.1. The summed E-state index contributed by atoms with van der Waals surface area (Å²) in [4.78, 5) is 23.0.